The highest BCUT2D eigenvalue weighted by molar-refractivity contribution is 6.88. The van der Waals surface area contributed by atoms with Crippen molar-refractivity contribution in [2.75, 3.05) is 0 Å². The number of aromatic nitrogens is 3. The van der Waals surface area contributed by atoms with Crippen LogP contribution >= 0.6 is 0 Å². The van der Waals surface area contributed by atoms with Crippen LogP contribution in [-0.4, -0.2) is 27.7 Å². The van der Waals surface area contributed by atoms with Gasteiger partial charge in [-0.3, -0.25) is 4.98 Å². The standard InChI is InChI=1S/C37H45N3OSi/c1-23-16-24(18-25(17-23)31-14-12-13-15-38-31)28-21-27(42(9,10)11)22-32-33(28)39-35(40(32)8)29-19-26(36(2,3)4)20-30(34(29)41)37(5,6)7/h12-22,41H,1-11H3. The molecule has 0 saturated carbocycles. The molecule has 1 N–H and O–H groups in total. The third-order valence-electron chi connectivity index (χ3n) is 8.23. The Morgan fingerprint density at radius 2 is 1.48 bits per heavy atom. The molecule has 5 aromatic rings. The summed E-state index contributed by atoms with van der Waals surface area (Å²) in [5.74, 6) is 1.10. The molecule has 42 heavy (non-hydrogen) atoms. The lowest BCUT2D eigenvalue weighted by atomic mass is 9.79. The monoisotopic (exact) mass is 575 g/mol. The Kier molecular flexibility index (Phi) is 7.25. The number of hydrogen-bond donors (Lipinski definition) is 1. The van der Waals surface area contributed by atoms with E-state index in [9.17, 15) is 5.11 Å². The van der Waals surface area contributed by atoms with Gasteiger partial charge in [-0.25, -0.2) is 4.98 Å². The van der Waals surface area contributed by atoms with Crippen LogP contribution in [0.4, 0.5) is 0 Å². The molecule has 2 heterocycles. The largest absolute Gasteiger partial charge is 0.507 e. The molecule has 0 atom stereocenters. The van der Waals surface area contributed by atoms with Crippen molar-refractivity contribution in [3.8, 4) is 39.5 Å². The average molecular weight is 576 g/mol. The number of benzene rings is 3. The average Bonchev–Trinajstić information content (AvgIpc) is 3.22. The zero-order valence-electron chi connectivity index (χ0n) is 27.1. The Bertz CT molecular complexity index is 1800. The van der Waals surface area contributed by atoms with Crippen molar-refractivity contribution < 1.29 is 5.11 Å². The smallest absolute Gasteiger partial charge is 0.144 e. The van der Waals surface area contributed by atoms with Crippen LogP contribution in [0.2, 0.25) is 19.6 Å². The summed E-state index contributed by atoms with van der Waals surface area (Å²) in [7, 11) is 0.401. The molecular weight excluding hydrogens is 531 g/mol. The summed E-state index contributed by atoms with van der Waals surface area (Å²) in [6.45, 7) is 22.4. The molecule has 0 amide bonds. The normalized spacial score (nSPS) is 12.7. The van der Waals surface area contributed by atoms with Crippen molar-refractivity contribution in [3.05, 3.63) is 83.6 Å². The van der Waals surface area contributed by atoms with Gasteiger partial charge in [0.1, 0.15) is 11.6 Å². The molecule has 0 saturated heterocycles. The molecule has 0 bridgehead atoms. The number of imidazole rings is 1. The molecule has 3 aromatic carbocycles. The molecule has 0 radical (unpaired) electrons. The molecule has 0 aliphatic rings. The van der Waals surface area contributed by atoms with E-state index in [0.29, 0.717) is 5.75 Å². The van der Waals surface area contributed by atoms with Crippen molar-refractivity contribution in [1.82, 2.24) is 14.5 Å². The maximum atomic E-state index is 11.7. The number of aryl methyl sites for hydroxylation is 2. The number of fused-ring (bicyclic) bond motifs is 1. The first-order valence-corrected chi connectivity index (χ1v) is 18.4. The molecular formula is C37H45N3OSi. The summed E-state index contributed by atoms with van der Waals surface area (Å²) in [6, 6.07) is 21.7. The van der Waals surface area contributed by atoms with Crippen LogP contribution in [0.3, 0.4) is 0 Å². The van der Waals surface area contributed by atoms with Crippen LogP contribution in [0.25, 0.3) is 44.8 Å². The van der Waals surface area contributed by atoms with Crippen LogP contribution in [0.15, 0.2) is 66.9 Å². The lowest BCUT2D eigenvalue weighted by Gasteiger charge is -2.27. The maximum absolute atomic E-state index is 11.7. The van der Waals surface area contributed by atoms with Gasteiger partial charge in [-0.15, -0.1) is 0 Å². The quantitative estimate of drug-likeness (QED) is 0.217. The molecule has 0 unspecified atom stereocenters. The van der Waals surface area contributed by atoms with Crippen molar-refractivity contribution >= 4 is 24.3 Å². The predicted molar refractivity (Wildman–Crippen MR) is 182 cm³/mol. The van der Waals surface area contributed by atoms with Crippen molar-refractivity contribution in [3.63, 3.8) is 0 Å². The van der Waals surface area contributed by atoms with E-state index in [0.717, 1.165) is 50.4 Å². The molecule has 0 aliphatic heterocycles. The van der Waals surface area contributed by atoms with Gasteiger partial charge < -0.3 is 9.67 Å². The van der Waals surface area contributed by atoms with Gasteiger partial charge in [-0.1, -0.05) is 90.6 Å². The van der Waals surface area contributed by atoms with Gasteiger partial charge in [0.15, 0.2) is 0 Å². The van der Waals surface area contributed by atoms with E-state index in [-0.39, 0.29) is 10.8 Å². The summed E-state index contributed by atoms with van der Waals surface area (Å²) in [5.41, 5.74) is 10.1. The summed E-state index contributed by atoms with van der Waals surface area (Å²) < 4.78 is 2.17. The number of aromatic hydroxyl groups is 1. The van der Waals surface area contributed by atoms with Crippen LogP contribution in [0.1, 0.15) is 58.2 Å². The highest BCUT2D eigenvalue weighted by Crippen LogP contribution is 2.43. The minimum Gasteiger partial charge on any atom is -0.507 e. The summed E-state index contributed by atoms with van der Waals surface area (Å²) >= 11 is 0. The van der Waals surface area contributed by atoms with Gasteiger partial charge in [0.05, 0.1) is 30.4 Å². The van der Waals surface area contributed by atoms with Gasteiger partial charge in [0.2, 0.25) is 0 Å². The fraction of sp³-hybridized carbons (Fsp3) is 0.351. The maximum Gasteiger partial charge on any atom is 0.144 e. The van der Waals surface area contributed by atoms with Crippen LogP contribution < -0.4 is 5.19 Å². The molecule has 5 heteroatoms. The Balaban J connectivity index is 1.84. The minimum absolute atomic E-state index is 0.0767. The van der Waals surface area contributed by atoms with E-state index in [1.54, 1.807) is 0 Å². The van der Waals surface area contributed by atoms with E-state index in [4.69, 9.17) is 4.98 Å². The number of phenols is 1. The topological polar surface area (TPSA) is 50.9 Å². The zero-order chi connectivity index (χ0) is 30.8. The second-order valence-electron chi connectivity index (χ2n) is 14.9. The first-order valence-electron chi connectivity index (χ1n) is 14.9. The molecule has 0 spiro atoms. The fourth-order valence-corrected chi connectivity index (χ4v) is 6.76. The van der Waals surface area contributed by atoms with E-state index in [1.165, 1.54) is 16.3 Å². The lowest BCUT2D eigenvalue weighted by Crippen LogP contribution is -2.37. The summed E-state index contributed by atoms with van der Waals surface area (Å²) in [5, 5.41) is 13.1. The third-order valence-corrected chi connectivity index (χ3v) is 10.2. The highest BCUT2D eigenvalue weighted by Gasteiger charge is 2.28. The second-order valence-corrected chi connectivity index (χ2v) is 19.9. The minimum atomic E-state index is -1.68. The van der Waals surface area contributed by atoms with E-state index >= 15 is 0 Å². The zero-order valence-corrected chi connectivity index (χ0v) is 28.1. The third kappa shape index (κ3) is 5.55. The first kappa shape index (κ1) is 29.8. The van der Waals surface area contributed by atoms with Crippen LogP contribution in [-0.2, 0) is 17.9 Å². The Labute approximate surface area is 252 Å². The van der Waals surface area contributed by atoms with Crippen LogP contribution in [0.5, 0.6) is 5.75 Å². The van der Waals surface area contributed by atoms with Crippen molar-refractivity contribution in [2.45, 2.75) is 78.9 Å². The highest BCUT2D eigenvalue weighted by atomic mass is 28.3. The molecule has 2 aromatic heterocycles. The molecule has 0 fully saturated rings. The second kappa shape index (κ2) is 10.2. The Morgan fingerprint density at radius 1 is 0.786 bits per heavy atom. The first-order chi connectivity index (χ1) is 19.4. The lowest BCUT2D eigenvalue weighted by molar-refractivity contribution is 0.446. The number of phenolic OH excluding ortho intramolecular Hbond substituents is 1. The summed E-state index contributed by atoms with van der Waals surface area (Å²) in [4.78, 5) is 9.95. The van der Waals surface area contributed by atoms with E-state index < -0.39 is 8.07 Å². The number of pyridine rings is 1. The van der Waals surface area contributed by atoms with E-state index in [1.807, 2.05) is 18.3 Å². The Morgan fingerprint density at radius 3 is 2.07 bits per heavy atom. The van der Waals surface area contributed by atoms with Crippen molar-refractivity contribution in [1.29, 1.82) is 0 Å². The predicted octanol–water partition coefficient (Wildman–Crippen LogP) is 9.12. The molecule has 4 nitrogen and oxygen atoms in total. The molecule has 0 aliphatic carbocycles. The fourth-order valence-electron chi connectivity index (χ4n) is 5.61. The number of nitrogens with zero attached hydrogens (tertiary/aromatic N) is 3. The van der Waals surface area contributed by atoms with Gasteiger partial charge in [0.25, 0.3) is 0 Å². The Hall–Kier alpha value is -3.70. The van der Waals surface area contributed by atoms with Gasteiger partial charge in [-0.05, 0) is 70.8 Å². The number of hydrogen-bond acceptors (Lipinski definition) is 3. The SMILES string of the molecule is Cc1cc(-c2ccccn2)cc(-c2cc([Si](C)(C)C)cc3c2nc(-c2cc(C(C)(C)C)cc(C(C)(C)C)c2O)n3C)c1. The number of rotatable bonds is 4. The summed E-state index contributed by atoms with van der Waals surface area (Å²) in [6.07, 6.45) is 1.84. The molecule has 5 rings (SSSR count). The molecule has 218 valence electrons. The van der Waals surface area contributed by atoms with Gasteiger partial charge in [-0.2, -0.15) is 0 Å². The van der Waals surface area contributed by atoms with Crippen LogP contribution in [0, 0.1) is 6.92 Å². The van der Waals surface area contributed by atoms with Gasteiger partial charge >= 0.3 is 0 Å². The van der Waals surface area contributed by atoms with E-state index in [2.05, 4.69) is 133 Å². The van der Waals surface area contributed by atoms with Gasteiger partial charge in [0, 0.05) is 29.9 Å². The van der Waals surface area contributed by atoms with Crippen molar-refractivity contribution in [2.24, 2.45) is 7.05 Å².